The van der Waals surface area contributed by atoms with E-state index in [0.29, 0.717) is 13.0 Å². The summed E-state index contributed by atoms with van der Waals surface area (Å²) in [5, 5.41) is 10.1. The van der Waals surface area contributed by atoms with Gasteiger partial charge < -0.3 is 19.5 Å². The first-order valence-electron chi connectivity index (χ1n) is 9.96. The van der Waals surface area contributed by atoms with Gasteiger partial charge in [0.05, 0.1) is 24.7 Å². The minimum atomic E-state index is -0.685. The number of hydrogen-bond donors (Lipinski definition) is 1. The van der Waals surface area contributed by atoms with E-state index in [2.05, 4.69) is 11.8 Å². The molecular weight excluding hydrogens is 342 g/mol. The smallest absolute Gasteiger partial charge is 0.312 e. The van der Waals surface area contributed by atoms with Crippen molar-refractivity contribution in [1.29, 1.82) is 0 Å². The molecular formula is C22H35NO4. The summed E-state index contributed by atoms with van der Waals surface area (Å²) < 4.78 is 10.8. The molecule has 2 rings (SSSR count). The number of hydrogen-bond acceptors (Lipinski definition) is 5. The minimum absolute atomic E-state index is 0.0948. The van der Waals surface area contributed by atoms with Gasteiger partial charge in [-0.1, -0.05) is 12.1 Å². The zero-order valence-corrected chi connectivity index (χ0v) is 17.5. The molecule has 1 fully saturated rings. The third kappa shape index (κ3) is 5.94. The Morgan fingerprint density at radius 1 is 1.33 bits per heavy atom. The predicted molar refractivity (Wildman–Crippen MR) is 107 cm³/mol. The lowest BCUT2D eigenvalue weighted by Crippen LogP contribution is -2.50. The first-order valence-corrected chi connectivity index (χ1v) is 9.96. The van der Waals surface area contributed by atoms with Crippen LogP contribution in [0.2, 0.25) is 0 Å². The van der Waals surface area contributed by atoms with Crippen LogP contribution in [0.5, 0.6) is 5.75 Å². The van der Waals surface area contributed by atoms with Crippen LogP contribution in [-0.2, 0) is 16.0 Å². The highest BCUT2D eigenvalue weighted by Gasteiger charge is 2.43. The fraction of sp³-hybridized carbons (Fsp3) is 0.682. The van der Waals surface area contributed by atoms with Gasteiger partial charge in [0.2, 0.25) is 0 Å². The number of nitrogens with zero attached hydrogens (tertiary/aromatic N) is 1. The number of piperidine rings is 1. The lowest BCUT2D eigenvalue weighted by Gasteiger charge is -2.43. The molecule has 0 amide bonds. The Kier molecular flexibility index (Phi) is 7.29. The number of aliphatic hydroxyl groups is 1. The third-order valence-corrected chi connectivity index (χ3v) is 5.56. The maximum atomic E-state index is 12.9. The largest absolute Gasteiger partial charge is 0.497 e. The van der Waals surface area contributed by atoms with Gasteiger partial charge >= 0.3 is 5.97 Å². The summed E-state index contributed by atoms with van der Waals surface area (Å²) in [6, 6.07) is 8.22. The SMILES string of the molecule is CCOC(=O)C1(Cc2cccc(OC)c2)CCN([C@@H](C)CC(C)(C)O)CC1. The molecule has 5 heteroatoms. The van der Waals surface area contributed by atoms with E-state index < -0.39 is 11.0 Å². The normalized spacial score (nSPS) is 18.7. The van der Waals surface area contributed by atoms with E-state index in [-0.39, 0.29) is 12.0 Å². The van der Waals surface area contributed by atoms with Crippen molar-refractivity contribution >= 4 is 5.97 Å². The van der Waals surface area contributed by atoms with Crippen molar-refractivity contribution in [2.24, 2.45) is 5.41 Å². The minimum Gasteiger partial charge on any atom is -0.497 e. The number of likely N-dealkylation sites (tertiary alicyclic amines) is 1. The topological polar surface area (TPSA) is 59.0 Å². The Hall–Kier alpha value is -1.59. The van der Waals surface area contributed by atoms with E-state index in [9.17, 15) is 9.90 Å². The standard InChI is InChI=1S/C22H35NO4/c1-6-27-20(24)22(16-18-8-7-9-19(14-18)26-5)10-12-23(13-11-22)17(2)15-21(3,4)25/h7-9,14,17,25H,6,10-13,15-16H2,1-5H3/t17-/m0/s1. The molecule has 1 heterocycles. The average molecular weight is 378 g/mol. The summed E-state index contributed by atoms with van der Waals surface area (Å²) in [4.78, 5) is 15.2. The van der Waals surface area contributed by atoms with Crippen LogP contribution < -0.4 is 4.74 Å². The predicted octanol–water partition coefficient (Wildman–Crippen LogP) is 3.43. The van der Waals surface area contributed by atoms with Crippen molar-refractivity contribution in [2.75, 3.05) is 26.8 Å². The molecule has 0 radical (unpaired) electrons. The lowest BCUT2D eigenvalue weighted by atomic mass is 9.73. The van der Waals surface area contributed by atoms with Gasteiger partial charge in [0.15, 0.2) is 0 Å². The van der Waals surface area contributed by atoms with E-state index in [1.165, 1.54) is 0 Å². The van der Waals surface area contributed by atoms with Gasteiger partial charge in [0.25, 0.3) is 0 Å². The number of rotatable bonds is 8. The number of carbonyl (C=O) groups excluding carboxylic acids is 1. The van der Waals surface area contributed by atoms with Crippen LogP contribution >= 0.6 is 0 Å². The molecule has 1 saturated heterocycles. The van der Waals surface area contributed by atoms with Crippen molar-refractivity contribution in [3.63, 3.8) is 0 Å². The summed E-state index contributed by atoms with van der Waals surface area (Å²) >= 11 is 0. The summed E-state index contributed by atoms with van der Waals surface area (Å²) in [7, 11) is 1.66. The Morgan fingerprint density at radius 3 is 2.56 bits per heavy atom. The number of carbonyl (C=O) groups is 1. The maximum Gasteiger partial charge on any atom is 0.312 e. The van der Waals surface area contributed by atoms with Crippen molar-refractivity contribution < 1.29 is 19.4 Å². The fourth-order valence-electron chi connectivity index (χ4n) is 4.16. The summed E-state index contributed by atoms with van der Waals surface area (Å²) in [5.41, 5.74) is -0.0800. The van der Waals surface area contributed by atoms with E-state index in [1.807, 2.05) is 45.0 Å². The number of esters is 1. The summed E-state index contributed by atoms with van der Waals surface area (Å²) in [6.45, 7) is 9.77. The molecule has 0 aliphatic carbocycles. The first kappa shape index (κ1) is 21.7. The molecule has 1 aromatic rings. The number of ether oxygens (including phenoxy) is 2. The van der Waals surface area contributed by atoms with Crippen molar-refractivity contribution in [3.8, 4) is 5.75 Å². The molecule has 1 aromatic carbocycles. The molecule has 0 spiro atoms. The van der Waals surface area contributed by atoms with Gasteiger partial charge in [-0.05, 0) is 84.2 Å². The highest BCUT2D eigenvalue weighted by atomic mass is 16.5. The second-order valence-corrected chi connectivity index (χ2v) is 8.43. The van der Waals surface area contributed by atoms with Crippen molar-refractivity contribution in [2.45, 2.75) is 65.0 Å². The van der Waals surface area contributed by atoms with Crippen LogP contribution in [0.25, 0.3) is 0 Å². The highest BCUT2D eigenvalue weighted by molar-refractivity contribution is 5.77. The Bertz CT molecular complexity index is 615. The second-order valence-electron chi connectivity index (χ2n) is 8.43. The lowest BCUT2D eigenvalue weighted by molar-refractivity contribution is -0.159. The summed E-state index contributed by atoms with van der Waals surface area (Å²) in [5.74, 6) is 0.713. The molecule has 5 nitrogen and oxygen atoms in total. The van der Waals surface area contributed by atoms with E-state index in [1.54, 1.807) is 7.11 Å². The van der Waals surface area contributed by atoms with Gasteiger partial charge in [-0.2, -0.15) is 0 Å². The van der Waals surface area contributed by atoms with Crippen LogP contribution in [0.1, 0.15) is 52.5 Å². The monoisotopic (exact) mass is 377 g/mol. The van der Waals surface area contributed by atoms with Crippen LogP contribution in [0.15, 0.2) is 24.3 Å². The Labute approximate surface area is 163 Å². The second kappa shape index (κ2) is 9.07. The average Bonchev–Trinajstić information content (AvgIpc) is 2.61. The fourth-order valence-corrected chi connectivity index (χ4v) is 4.16. The highest BCUT2D eigenvalue weighted by Crippen LogP contribution is 2.38. The molecule has 1 aliphatic rings. The van der Waals surface area contributed by atoms with E-state index in [4.69, 9.17) is 9.47 Å². The number of benzene rings is 1. The van der Waals surface area contributed by atoms with Crippen molar-refractivity contribution in [1.82, 2.24) is 4.90 Å². The van der Waals surface area contributed by atoms with Gasteiger partial charge in [0, 0.05) is 6.04 Å². The Balaban J connectivity index is 2.13. The molecule has 152 valence electrons. The zero-order chi connectivity index (χ0) is 20.1. The summed E-state index contributed by atoms with van der Waals surface area (Å²) in [6.07, 6.45) is 2.91. The first-order chi connectivity index (χ1) is 12.7. The Morgan fingerprint density at radius 2 is 2.00 bits per heavy atom. The molecule has 0 aromatic heterocycles. The van der Waals surface area contributed by atoms with Crippen molar-refractivity contribution in [3.05, 3.63) is 29.8 Å². The van der Waals surface area contributed by atoms with Crippen LogP contribution in [0.3, 0.4) is 0 Å². The van der Waals surface area contributed by atoms with Gasteiger partial charge in [-0.15, -0.1) is 0 Å². The number of methoxy groups -OCH3 is 1. The molecule has 1 aliphatic heterocycles. The molecule has 1 atom stereocenters. The molecule has 0 unspecified atom stereocenters. The quantitative estimate of drug-likeness (QED) is 0.704. The van der Waals surface area contributed by atoms with Gasteiger partial charge in [-0.3, -0.25) is 4.79 Å². The van der Waals surface area contributed by atoms with Crippen LogP contribution in [-0.4, -0.2) is 54.4 Å². The van der Waals surface area contributed by atoms with Gasteiger partial charge in [-0.25, -0.2) is 0 Å². The van der Waals surface area contributed by atoms with Crippen LogP contribution in [0, 0.1) is 5.41 Å². The third-order valence-electron chi connectivity index (χ3n) is 5.56. The zero-order valence-electron chi connectivity index (χ0n) is 17.5. The molecule has 0 bridgehead atoms. The van der Waals surface area contributed by atoms with E-state index >= 15 is 0 Å². The molecule has 1 N–H and O–H groups in total. The van der Waals surface area contributed by atoms with E-state index in [0.717, 1.165) is 43.7 Å². The van der Waals surface area contributed by atoms with Gasteiger partial charge in [0.1, 0.15) is 5.75 Å². The molecule has 27 heavy (non-hydrogen) atoms. The van der Waals surface area contributed by atoms with Crippen LogP contribution in [0.4, 0.5) is 0 Å². The maximum absolute atomic E-state index is 12.9. The molecule has 0 saturated carbocycles.